The van der Waals surface area contributed by atoms with Crippen LogP contribution in [-0.2, 0) is 14.6 Å². The maximum absolute atomic E-state index is 11.6. The van der Waals surface area contributed by atoms with Crippen LogP contribution in [0.3, 0.4) is 0 Å². The minimum atomic E-state index is -2.96. The first-order valence-corrected chi connectivity index (χ1v) is 7.91. The number of hydrogen-bond acceptors (Lipinski definition) is 4. The molecule has 1 atom stereocenters. The van der Waals surface area contributed by atoms with Gasteiger partial charge in [-0.05, 0) is 32.7 Å². The van der Waals surface area contributed by atoms with E-state index in [9.17, 15) is 13.2 Å². The number of rotatable bonds is 6. The van der Waals surface area contributed by atoms with Gasteiger partial charge < -0.3 is 11.1 Å². The molecule has 100 valence electrons. The van der Waals surface area contributed by atoms with Gasteiger partial charge in [0.15, 0.2) is 9.84 Å². The van der Waals surface area contributed by atoms with Crippen molar-refractivity contribution in [3.05, 3.63) is 0 Å². The van der Waals surface area contributed by atoms with E-state index in [2.05, 4.69) is 5.32 Å². The van der Waals surface area contributed by atoms with Crippen molar-refractivity contribution in [3.63, 3.8) is 0 Å². The summed E-state index contributed by atoms with van der Waals surface area (Å²) in [6, 6.07) is 0. The highest BCUT2D eigenvalue weighted by Crippen LogP contribution is 2.22. The highest BCUT2D eigenvalue weighted by atomic mass is 32.2. The molecule has 1 heterocycles. The van der Waals surface area contributed by atoms with E-state index in [1.807, 2.05) is 0 Å². The fourth-order valence-electron chi connectivity index (χ4n) is 2.11. The number of sulfone groups is 1. The number of unbranched alkanes of at least 4 members (excludes halogenated alkanes) is 2. The van der Waals surface area contributed by atoms with E-state index < -0.39 is 15.4 Å². The van der Waals surface area contributed by atoms with Crippen LogP contribution in [-0.4, -0.2) is 37.9 Å². The fraction of sp³-hybridized carbons (Fsp3) is 0.909. The first-order valence-electron chi connectivity index (χ1n) is 6.08. The molecule has 5 nitrogen and oxygen atoms in total. The predicted octanol–water partition coefficient (Wildman–Crippen LogP) is 0.199. The second kappa shape index (κ2) is 5.82. The van der Waals surface area contributed by atoms with Crippen molar-refractivity contribution in [2.24, 2.45) is 5.73 Å². The SMILES string of the molecule is CC1(NC(=O)CCCCCN)CCS(=O)(=O)C1. The summed E-state index contributed by atoms with van der Waals surface area (Å²) in [6.45, 7) is 2.45. The molecule has 17 heavy (non-hydrogen) atoms. The van der Waals surface area contributed by atoms with Gasteiger partial charge in [0.25, 0.3) is 0 Å². The molecule has 6 heteroatoms. The van der Waals surface area contributed by atoms with Gasteiger partial charge in [0.1, 0.15) is 0 Å². The zero-order chi connectivity index (χ0) is 12.9. The van der Waals surface area contributed by atoms with E-state index in [-0.39, 0.29) is 17.4 Å². The molecular formula is C11H22N2O3S. The molecule has 0 saturated carbocycles. The molecule has 0 aromatic rings. The summed E-state index contributed by atoms with van der Waals surface area (Å²) in [6.07, 6.45) is 3.66. The Morgan fingerprint density at radius 2 is 2.06 bits per heavy atom. The third-order valence-electron chi connectivity index (χ3n) is 3.05. The smallest absolute Gasteiger partial charge is 0.220 e. The van der Waals surface area contributed by atoms with Crippen molar-refractivity contribution in [2.75, 3.05) is 18.1 Å². The van der Waals surface area contributed by atoms with Crippen LogP contribution in [0.25, 0.3) is 0 Å². The van der Waals surface area contributed by atoms with Crippen LogP contribution >= 0.6 is 0 Å². The Labute approximate surface area is 103 Å². The second-order valence-electron chi connectivity index (χ2n) is 5.05. The highest BCUT2D eigenvalue weighted by molar-refractivity contribution is 7.91. The molecule has 1 rings (SSSR count). The summed E-state index contributed by atoms with van der Waals surface area (Å²) in [4.78, 5) is 11.6. The number of amides is 1. The Kier molecular flexibility index (Phi) is 4.94. The molecule has 3 N–H and O–H groups in total. The first kappa shape index (κ1) is 14.4. The van der Waals surface area contributed by atoms with Crippen LogP contribution in [0.5, 0.6) is 0 Å². The summed E-state index contributed by atoms with van der Waals surface area (Å²) < 4.78 is 22.7. The lowest BCUT2D eigenvalue weighted by Gasteiger charge is -2.23. The Morgan fingerprint density at radius 3 is 2.59 bits per heavy atom. The Bertz CT molecular complexity index is 367. The molecule has 0 aliphatic carbocycles. The standard InChI is InChI=1S/C11H22N2O3S/c1-11(6-8-17(15,16)9-11)13-10(14)5-3-2-4-7-12/h2-9,12H2,1H3,(H,13,14). The predicted molar refractivity (Wildman–Crippen MR) is 67.3 cm³/mol. The molecule has 0 radical (unpaired) electrons. The van der Waals surface area contributed by atoms with Gasteiger partial charge in [-0.2, -0.15) is 0 Å². The maximum atomic E-state index is 11.6. The fourth-order valence-corrected chi connectivity index (χ4v) is 4.21. The lowest BCUT2D eigenvalue weighted by Crippen LogP contribution is -2.46. The number of nitrogens with two attached hydrogens (primary N) is 1. The van der Waals surface area contributed by atoms with Gasteiger partial charge in [-0.3, -0.25) is 4.79 Å². The monoisotopic (exact) mass is 262 g/mol. The van der Waals surface area contributed by atoms with Gasteiger partial charge in [-0.15, -0.1) is 0 Å². The van der Waals surface area contributed by atoms with E-state index in [0.29, 0.717) is 19.4 Å². The van der Waals surface area contributed by atoms with Gasteiger partial charge in [-0.1, -0.05) is 6.42 Å². The third kappa shape index (κ3) is 5.04. The van der Waals surface area contributed by atoms with Gasteiger partial charge in [0, 0.05) is 6.42 Å². The molecule has 1 amide bonds. The molecule has 1 fully saturated rings. The van der Waals surface area contributed by atoms with Crippen LogP contribution in [0.2, 0.25) is 0 Å². The van der Waals surface area contributed by atoms with Crippen molar-refractivity contribution in [2.45, 2.75) is 44.6 Å². The molecule has 0 bridgehead atoms. The van der Waals surface area contributed by atoms with Crippen LogP contribution in [0, 0.1) is 0 Å². The van der Waals surface area contributed by atoms with E-state index in [1.165, 1.54) is 0 Å². The second-order valence-corrected chi connectivity index (χ2v) is 7.23. The van der Waals surface area contributed by atoms with E-state index in [0.717, 1.165) is 19.3 Å². The first-order chi connectivity index (χ1) is 7.87. The number of nitrogens with one attached hydrogen (secondary N) is 1. The molecule has 0 spiro atoms. The van der Waals surface area contributed by atoms with Crippen LogP contribution in [0.15, 0.2) is 0 Å². The summed E-state index contributed by atoms with van der Waals surface area (Å²) in [7, 11) is -2.96. The van der Waals surface area contributed by atoms with Crippen LogP contribution in [0.1, 0.15) is 39.0 Å². The van der Waals surface area contributed by atoms with Gasteiger partial charge in [0.05, 0.1) is 17.0 Å². The van der Waals surface area contributed by atoms with Crippen LogP contribution < -0.4 is 11.1 Å². The Hall–Kier alpha value is -0.620. The minimum absolute atomic E-state index is 0.0541. The number of carbonyl (C=O) groups is 1. The highest BCUT2D eigenvalue weighted by Gasteiger charge is 2.39. The van der Waals surface area contributed by atoms with E-state index in [4.69, 9.17) is 5.73 Å². The summed E-state index contributed by atoms with van der Waals surface area (Å²) in [5.74, 6) is 0.188. The molecule has 1 aliphatic heterocycles. The topological polar surface area (TPSA) is 89.3 Å². The summed E-state index contributed by atoms with van der Waals surface area (Å²) >= 11 is 0. The van der Waals surface area contributed by atoms with Crippen molar-refractivity contribution in [3.8, 4) is 0 Å². The maximum Gasteiger partial charge on any atom is 0.220 e. The molecule has 1 saturated heterocycles. The van der Waals surface area contributed by atoms with Crippen molar-refractivity contribution in [1.29, 1.82) is 0 Å². The molecule has 1 aliphatic rings. The van der Waals surface area contributed by atoms with E-state index >= 15 is 0 Å². The zero-order valence-corrected chi connectivity index (χ0v) is 11.2. The lowest BCUT2D eigenvalue weighted by molar-refractivity contribution is -0.122. The zero-order valence-electron chi connectivity index (χ0n) is 10.4. The molecular weight excluding hydrogens is 240 g/mol. The lowest BCUT2D eigenvalue weighted by atomic mass is 10.0. The van der Waals surface area contributed by atoms with Gasteiger partial charge in [-0.25, -0.2) is 8.42 Å². The van der Waals surface area contributed by atoms with Crippen molar-refractivity contribution >= 4 is 15.7 Å². The van der Waals surface area contributed by atoms with Gasteiger partial charge in [0.2, 0.25) is 5.91 Å². The average molecular weight is 262 g/mol. The Morgan fingerprint density at radius 1 is 1.35 bits per heavy atom. The number of carbonyl (C=O) groups excluding carboxylic acids is 1. The molecule has 1 unspecified atom stereocenters. The van der Waals surface area contributed by atoms with Crippen molar-refractivity contribution < 1.29 is 13.2 Å². The van der Waals surface area contributed by atoms with Crippen molar-refractivity contribution in [1.82, 2.24) is 5.32 Å². The van der Waals surface area contributed by atoms with Crippen LogP contribution in [0.4, 0.5) is 0 Å². The minimum Gasteiger partial charge on any atom is -0.350 e. The molecule has 0 aromatic carbocycles. The largest absolute Gasteiger partial charge is 0.350 e. The average Bonchev–Trinajstić information content (AvgIpc) is 2.47. The third-order valence-corrected chi connectivity index (χ3v) is 4.96. The normalized spacial score (nSPS) is 26.9. The van der Waals surface area contributed by atoms with E-state index in [1.54, 1.807) is 6.92 Å². The number of hydrogen-bond donors (Lipinski definition) is 2. The quantitative estimate of drug-likeness (QED) is 0.669. The molecule has 0 aromatic heterocycles. The Balaban J connectivity index is 2.31. The summed E-state index contributed by atoms with van der Waals surface area (Å²) in [5, 5.41) is 2.84. The van der Waals surface area contributed by atoms with Gasteiger partial charge >= 0.3 is 0 Å². The summed E-state index contributed by atoms with van der Waals surface area (Å²) in [5.41, 5.74) is 4.80.